The number of aliphatic imine (C=N–C) groups is 1. The van der Waals surface area contributed by atoms with Gasteiger partial charge in [-0.3, -0.25) is 9.79 Å². The number of rotatable bonds is 8. The minimum Gasteiger partial charge on any atom is -0.490 e. The predicted octanol–water partition coefficient (Wildman–Crippen LogP) is 5.37. The Morgan fingerprint density at radius 3 is 2.43 bits per heavy atom. The predicted molar refractivity (Wildman–Crippen MR) is 149 cm³/mol. The third-order valence-corrected chi connectivity index (χ3v) is 6.44. The third-order valence-electron chi connectivity index (χ3n) is 6.44. The lowest BCUT2D eigenvalue weighted by Crippen LogP contribution is -2.44. The molecule has 190 valence electrons. The van der Waals surface area contributed by atoms with Crippen molar-refractivity contribution in [2.45, 2.75) is 46.8 Å². The standard InChI is InChI=1S/C29H40N4O2.H2/c1-8-23(19-30-6)27-17-24(10-12-28(27)35-20(2)3)22(5)31-29(34)26-18-25(11-9-21(26)4)33-15-13-32(7)14-16-33;/h8-12,17-20,22H,13-16H2,1-7H3,(H,31,34);1H/b23-8+,30-19?;/t22-;/m1./s1. The van der Waals surface area contributed by atoms with E-state index in [9.17, 15) is 4.79 Å². The van der Waals surface area contributed by atoms with Gasteiger partial charge in [-0.1, -0.05) is 18.2 Å². The van der Waals surface area contributed by atoms with Gasteiger partial charge >= 0.3 is 0 Å². The summed E-state index contributed by atoms with van der Waals surface area (Å²) in [5, 5.41) is 3.21. The maximum absolute atomic E-state index is 13.3. The van der Waals surface area contributed by atoms with E-state index in [0.717, 1.165) is 65.4 Å². The highest BCUT2D eigenvalue weighted by molar-refractivity contribution is 6.10. The first-order valence-electron chi connectivity index (χ1n) is 12.5. The van der Waals surface area contributed by atoms with Gasteiger partial charge in [-0.2, -0.15) is 0 Å². The van der Waals surface area contributed by atoms with Gasteiger partial charge in [0.15, 0.2) is 0 Å². The van der Waals surface area contributed by atoms with Gasteiger partial charge in [-0.15, -0.1) is 0 Å². The van der Waals surface area contributed by atoms with Gasteiger partial charge in [0.1, 0.15) is 5.75 Å². The lowest BCUT2D eigenvalue weighted by Gasteiger charge is -2.34. The number of allylic oxidation sites excluding steroid dienone is 2. The molecule has 1 amide bonds. The Morgan fingerprint density at radius 2 is 1.80 bits per heavy atom. The fourth-order valence-corrected chi connectivity index (χ4v) is 4.31. The number of ether oxygens (including phenoxy) is 1. The molecule has 1 fully saturated rings. The molecule has 1 aliphatic heterocycles. The lowest BCUT2D eigenvalue weighted by molar-refractivity contribution is 0.0939. The number of amides is 1. The normalized spacial score (nSPS) is 16.1. The van der Waals surface area contributed by atoms with Crippen molar-refractivity contribution in [3.8, 4) is 5.75 Å². The van der Waals surface area contributed by atoms with Crippen molar-refractivity contribution >= 4 is 23.4 Å². The molecule has 1 heterocycles. The number of benzene rings is 2. The average Bonchev–Trinajstić information content (AvgIpc) is 2.83. The van der Waals surface area contributed by atoms with E-state index in [2.05, 4.69) is 39.3 Å². The number of hydrogen-bond donors (Lipinski definition) is 1. The van der Waals surface area contributed by atoms with Crippen LogP contribution in [-0.2, 0) is 0 Å². The summed E-state index contributed by atoms with van der Waals surface area (Å²) in [6.45, 7) is 14.0. The number of nitrogens with one attached hydrogen (secondary N) is 1. The zero-order valence-electron chi connectivity index (χ0n) is 22.3. The van der Waals surface area contributed by atoms with Crippen molar-refractivity contribution in [3.63, 3.8) is 0 Å². The molecule has 1 aliphatic rings. The summed E-state index contributed by atoms with van der Waals surface area (Å²) >= 11 is 0. The summed E-state index contributed by atoms with van der Waals surface area (Å²) < 4.78 is 6.06. The molecule has 0 aromatic heterocycles. The maximum atomic E-state index is 13.3. The molecule has 0 unspecified atom stereocenters. The summed E-state index contributed by atoms with van der Waals surface area (Å²) in [5.74, 6) is 0.752. The Labute approximate surface area is 212 Å². The highest BCUT2D eigenvalue weighted by Gasteiger charge is 2.19. The Morgan fingerprint density at radius 1 is 1.09 bits per heavy atom. The molecular formula is C29H42N4O2. The van der Waals surface area contributed by atoms with Crippen LogP contribution >= 0.6 is 0 Å². The van der Waals surface area contributed by atoms with Crippen LogP contribution in [0.3, 0.4) is 0 Å². The molecule has 0 radical (unpaired) electrons. The fraction of sp³-hybridized carbons (Fsp3) is 0.448. The van der Waals surface area contributed by atoms with Crippen molar-refractivity contribution in [1.29, 1.82) is 0 Å². The van der Waals surface area contributed by atoms with Crippen LogP contribution in [0, 0.1) is 6.92 Å². The SMILES string of the molecule is C/C=C(\C=NC)c1cc([C@@H](C)NC(=O)c2cc(N3CCN(C)CC3)ccc2C)ccc1OC(C)C.[HH]. The summed E-state index contributed by atoms with van der Waals surface area (Å²) in [4.78, 5) is 22.2. The van der Waals surface area contributed by atoms with Gasteiger partial charge in [-0.25, -0.2) is 0 Å². The number of carbonyl (C=O) groups excluding carboxylic acids is 1. The van der Waals surface area contributed by atoms with E-state index < -0.39 is 0 Å². The Hall–Kier alpha value is -3.12. The van der Waals surface area contributed by atoms with Crippen LogP contribution in [0.1, 0.15) is 62.2 Å². The van der Waals surface area contributed by atoms with Gasteiger partial charge in [-0.05, 0) is 82.6 Å². The van der Waals surface area contributed by atoms with Gasteiger partial charge < -0.3 is 19.9 Å². The van der Waals surface area contributed by atoms with Gasteiger partial charge in [0.05, 0.1) is 12.1 Å². The molecular weight excluding hydrogens is 436 g/mol. The molecule has 3 rings (SSSR count). The number of hydrogen-bond acceptors (Lipinski definition) is 5. The van der Waals surface area contributed by atoms with Crippen LogP contribution < -0.4 is 15.0 Å². The molecule has 0 spiro atoms. The molecule has 0 bridgehead atoms. The molecule has 6 heteroatoms. The Bertz CT molecular complexity index is 1090. The molecule has 0 saturated carbocycles. The van der Waals surface area contributed by atoms with Crippen LogP contribution in [0.5, 0.6) is 5.75 Å². The van der Waals surface area contributed by atoms with Crippen LogP contribution in [0.2, 0.25) is 0 Å². The molecule has 1 atom stereocenters. The Kier molecular flexibility index (Phi) is 9.10. The smallest absolute Gasteiger partial charge is 0.252 e. The second-order valence-corrected chi connectivity index (χ2v) is 9.54. The van der Waals surface area contributed by atoms with Crippen LogP contribution in [0.15, 0.2) is 47.5 Å². The van der Waals surface area contributed by atoms with Crippen molar-refractivity contribution in [2.24, 2.45) is 4.99 Å². The molecule has 1 saturated heterocycles. The zero-order chi connectivity index (χ0) is 25.5. The number of aryl methyl sites for hydroxylation is 1. The summed E-state index contributed by atoms with van der Waals surface area (Å²) in [7, 11) is 3.91. The number of carbonyl (C=O) groups is 1. The van der Waals surface area contributed by atoms with Crippen molar-refractivity contribution < 1.29 is 11.0 Å². The maximum Gasteiger partial charge on any atom is 0.252 e. The Balaban J connectivity index is 0.00000456. The van der Waals surface area contributed by atoms with E-state index in [1.165, 1.54) is 0 Å². The molecule has 1 N–H and O–H groups in total. The molecule has 2 aromatic carbocycles. The number of piperazine rings is 1. The molecule has 35 heavy (non-hydrogen) atoms. The van der Waals surface area contributed by atoms with E-state index in [1.54, 1.807) is 7.05 Å². The van der Waals surface area contributed by atoms with Gasteiger partial charge in [0.25, 0.3) is 5.91 Å². The minimum absolute atomic E-state index is 0. The highest BCUT2D eigenvalue weighted by atomic mass is 16.5. The van der Waals surface area contributed by atoms with E-state index in [-0.39, 0.29) is 19.5 Å². The number of nitrogens with zero attached hydrogens (tertiary/aromatic N) is 3. The van der Waals surface area contributed by atoms with Crippen LogP contribution in [0.4, 0.5) is 5.69 Å². The zero-order valence-corrected chi connectivity index (χ0v) is 22.3. The summed E-state index contributed by atoms with van der Waals surface area (Å²) in [6, 6.07) is 12.1. The molecule has 6 nitrogen and oxygen atoms in total. The van der Waals surface area contributed by atoms with E-state index in [1.807, 2.05) is 71.2 Å². The van der Waals surface area contributed by atoms with Gasteiger partial charge in [0.2, 0.25) is 0 Å². The second-order valence-electron chi connectivity index (χ2n) is 9.54. The average molecular weight is 479 g/mol. The van der Waals surface area contributed by atoms with Crippen molar-refractivity contribution in [1.82, 2.24) is 10.2 Å². The fourth-order valence-electron chi connectivity index (χ4n) is 4.31. The van der Waals surface area contributed by atoms with Crippen LogP contribution in [0.25, 0.3) is 5.57 Å². The summed E-state index contributed by atoms with van der Waals surface area (Å²) in [5.41, 5.74) is 5.78. The topological polar surface area (TPSA) is 57.2 Å². The van der Waals surface area contributed by atoms with E-state index in [4.69, 9.17) is 4.74 Å². The van der Waals surface area contributed by atoms with Gasteiger partial charge in [0, 0.05) is 57.7 Å². The lowest BCUT2D eigenvalue weighted by atomic mass is 9.98. The first-order valence-corrected chi connectivity index (χ1v) is 12.5. The summed E-state index contributed by atoms with van der Waals surface area (Å²) in [6.07, 6.45) is 3.92. The quantitative estimate of drug-likeness (QED) is 0.518. The van der Waals surface area contributed by atoms with E-state index in [0.29, 0.717) is 0 Å². The largest absolute Gasteiger partial charge is 0.490 e. The third kappa shape index (κ3) is 6.73. The number of anilines is 1. The van der Waals surface area contributed by atoms with Crippen molar-refractivity contribution in [3.05, 3.63) is 64.7 Å². The monoisotopic (exact) mass is 478 g/mol. The molecule has 2 aromatic rings. The first kappa shape index (κ1) is 26.5. The van der Waals surface area contributed by atoms with Crippen LogP contribution in [-0.4, -0.2) is 63.4 Å². The highest BCUT2D eigenvalue weighted by Crippen LogP contribution is 2.30. The second kappa shape index (κ2) is 12.0. The molecule has 0 aliphatic carbocycles. The first-order chi connectivity index (χ1) is 16.7. The van der Waals surface area contributed by atoms with E-state index >= 15 is 0 Å². The number of likely N-dealkylation sites (N-methyl/N-ethyl adjacent to an activating group) is 1. The van der Waals surface area contributed by atoms with Crippen molar-refractivity contribution in [2.75, 3.05) is 45.2 Å². The minimum atomic E-state index is -0.169.